The second-order valence-corrected chi connectivity index (χ2v) is 6.81. The molecule has 16 heavy (non-hydrogen) atoms. The molecule has 1 unspecified atom stereocenters. The van der Waals surface area contributed by atoms with Crippen molar-refractivity contribution >= 4 is 0 Å². The van der Waals surface area contributed by atoms with E-state index in [2.05, 4.69) is 51.5 Å². The maximum Gasteiger partial charge on any atom is 0.0622 e. The highest BCUT2D eigenvalue weighted by Gasteiger charge is 2.31. The van der Waals surface area contributed by atoms with Crippen molar-refractivity contribution in [3.8, 4) is 0 Å². The zero-order valence-electron chi connectivity index (χ0n) is 11.4. The molecular formula is C14H24N2. The van der Waals surface area contributed by atoms with Crippen LogP contribution in [0.3, 0.4) is 0 Å². The zero-order valence-corrected chi connectivity index (χ0v) is 11.4. The summed E-state index contributed by atoms with van der Waals surface area (Å²) in [7, 11) is 0. The van der Waals surface area contributed by atoms with Gasteiger partial charge < -0.3 is 0 Å². The quantitative estimate of drug-likeness (QED) is 0.751. The van der Waals surface area contributed by atoms with Crippen LogP contribution in [0.5, 0.6) is 0 Å². The summed E-state index contributed by atoms with van der Waals surface area (Å²) in [5.41, 5.74) is 1.66. The summed E-state index contributed by atoms with van der Waals surface area (Å²) >= 11 is 0. The summed E-state index contributed by atoms with van der Waals surface area (Å²) in [5, 5.41) is 0. The van der Waals surface area contributed by atoms with Gasteiger partial charge in [0.25, 0.3) is 0 Å². The Kier molecular flexibility index (Phi) is 3.72. The molecule has 2 nitrogen and oxygen atoms in total. The Morgan fingerprint density at radius 1 is 1.06 bits per heavy atom. The maximum atomic E-state index is 4.47. The van der Waals surface area contributed by atoms with Crippen LogP contribution in [0.2, 0.25) is 0 Å². The highest BCUT2D eigenvalue weighted by molar-refractivity contribution is 5.08. The van der Waals surface area contributed by atoms with Gasteiger partial charge in [-0.1, -0.05) is 41.5 Å². The van der Waals surface area contributed by atoms with Crippen molar-refractivity contribution in [3.05, 3.63) is 24.3 Å². The lowest BCUT2D eigenvalue weighted by atomic mass is 9.71. The molecule has 0 aliphatic heterocycles. The van der Waals surface area contributed by atoms with Crippen LogP contribution >= 0.6 is 0 Å². The molecule has 0 saturated carbocycles. The number of nitrogens with zero attached hydrogens (tertiary/aromatic N) is 2. The highest BCUT2D eigenvalue weighted by atomic mass is 14.8. The molecule has 0 radical (unpaired) electrons. The lowest BCUT2D eigenvalue weighted by molar-refractivity contribution is 0.225. The van der Waals surface area contributed by atoms with Gasteiger partial charge in [0.1, 0.15) is 0 Å². The molecule has 0 spiro atoms. The Labute approximate surface area is 99.5 Å². The molecule has 0 fully saturated rings. The van der Waals surface area contributed by atoms with E-state index in [0.717, 1.165) is 12.1 Å². The molecule has 0 aromatic carbocycles. The van der Waals surface area contributed by atoms with Crippen LogP contribution in [-0.4, -0.2) is 9.97 Å². The summed E-state index contributed by atoms with van der Waals surface area (Å²) in [4.78, 5) is 8.65. The van der Waals surface area contributed by atoms with Gasteiger partial charge in [-0.25, -0.2) is 0 Å². The molecule has 1 aromatic heterocycles. The van der Waals surface area contributed by atoms with Crippen LogP contribution in [0, 0.1) is 10.8 Å². The van der Waals surface area contributed by atoms with Crippen LogP contribution in [0.25, 0.3) is 0 Å². The molecule has 1 heterocycles. The fourth-order valence-electron chi connectivity index (χ4n) is 1.96. The van der Waals surface area contributed by atoms with E-state index in [1.54, 1.807) is 12.4 Å². The van der Waals surface area contributed by atoms with E-state index in [1.807, 2.05) is 6.20 Å². The minimum Gasteiger partial charge on any atom is -0.261 e. The maximum absolute atomic E-state index is 4.47. The molecule has 0 N–H and O–H groups in total. The molecule has 0 amide bonds. The first-order valence-electron chi connectivity index (χ1n) is 5.96. The summed E-state index contributed by atoms with van der Waals surface area (Å²) < 4.78 is 0. The minimum absolute atomic E-state index is 0.226. The van der Waals surface area contributed by atoms with Crippen LogP contribution < -0.4 is 0 Å². The summed E-state index contributed by atoms with van der Waals surface area (Å²) in [6.07, 6.45) is 6.56. The van der Waals surface area contributed by atoms with Crippen molar-refractivity contribution in [2.45, 2.75) is 53.9 Å². The summed E-state index contributed by atoms with van der Waals surface area (Å²) in [6.45, 7) is 13.7. The van der Waals surface area contributed by atoms with Crippen molar-refractivity contribution in [1.82, 2.24) is 9.97 Å². The van der Waals surface area contributed by atoms with Gasteiger partial charge in [-0.15, -0.1) is 0 Å². The first-order chi connectivity index (χ1) is 7.20. The topological polar surface area (TPSA) is 25.8 Å². The van der Waals surface area contributed by atoms with Crippen LogP contribution in [-0.2, 0) is 0 Å². The van der Waals surface area contributed by atoms with Crippen molar-refractivity contribution in [2.75, 3.05) is 0 Å². The SMILES string of the molecule is CC(C)(C)CC(c1cnccn1)C(C)(C)C. The second kappa shape index (κ2) is 4.52. The van der Waals surface area contributed by atoms with Gasteiger partial charge in [-0.3, -0.25) is 9.97 Å². The molecule has 2 heteroatoms. The van der Waals surface area contributed by atoms with Gasteiger partial charge >= 0.3 is 0 Å². The first-order valence-corrected chi connectivity index (χ1v) is 5.96. The Morgan fingerprint density at radius 3 is 2.06 bits per heavy atom. The number of aromatic nitrogens is 2. The molecule has 0 aliphatic carbocycles. The monoisotopic (exact) mass is 220 g/mol. The van der Waals surface area contributed by atoms with Gasteiger partial charge in [-0.05, 0) is 17.3 Å². The van der Waals surface area contributed by atoms with Crippen LogP contribution in [0.4, 0.5) is 0 Å². The molecular weight excluding hydrogens is 196 g/mol. The van der Waals surface area contributed by atoms with E-state index in [-0.39, 0.29) is 5.41 Å². The molecule has 1 rings (SSSR count). The largest absolute Gasteiger partial charge is 0.261 e. The smallest absolute Gasteiger partial charge is 0.0622 e. The van der Waals surface area contributed by atoms with Crippen LogP contribution in [0.15, 0.2) is 18.6 Å². The molecule has 90 valence electrons. The van der Waals surface area contributed by atoms with Crippen molar-refractivity contribution in [3.63, 3.8) is 0 Å². The van der Waals surface area contributed by atoms with Crippen molar-refractivity contribution in [1.29, 1.82) is 0 Å². The van der Waals surface area contributed by atoms with Gasteiger partial charge in [-0.2, -0.15) is 0 Å². The molecule has 0 bridgehead atoms. The summed E-state index contributed by atoms with van der Waals surface area (Å²) in [6, 6.07) is 0. The number of rotatable bonds is 2. The Bertz CT molecular complexity index is 317. The second-order valence-electron chi connectivity index (χ2n) is 6.81. The van der Waals surface area contributed by atoms with Gasteiger partial charge in [0.2, 0.25) is 0 Å². The third-order valence-corrected chi connectivity index (χ3v) is 2.80. The third kappa shape index (κ3) is 3.92. The van der Waals surface area contributed by atoms with Gasteiger partial charge in [0, 0.05) is 24.5 Å². The lowest BCUT2D eigenvalue weighted by Crippen LogP contribution is -2.24. The molecule has 0 saturated heterocycles. The number of hydrogen-bond donors (Lipinski definition) is 0. The fraction of sp³-hybridized carbons (Fsp3) is 0.714. The van der Waals surface area contributed by atoms with Crippen molar-refractivity contribution in [2.24, 2.45) is 10.8 Å². The highest BCUT2D eigenvalue weighted by Crippen LogP contribution is 2.41. The number of hydrogen-bond acceptors (Lipinski definition) is 2. The predicted octanol–water partition coefficient (Wildman–Crippen LogP) is 4.04. The standard InChI is InChI=1S/C14H24N2/c1-13(2,3)9-11(14(4,5)6)12-10-15-7-8-16-12/h7-8,10-11H,9H2,1-6H3. The molecule has 1 atom stereocenters. The van der Waals surface area contributed by atoms with Gasteiger partial charge in [0.05, 0.1) is 5.69 Å². The van der Waals surface area contributed by atoms with Crippen LogP contribution in [0.1, 0.15) is 59.6 Å². The van der Waals surface area contributed by atoms with E-state index in [0.29, 0.717) is 11.3 Å². The van der Waals surface area contributed by atoms with Crippen molar-refractivity contribution < 1.29 is 0 Å². The first kappa shape index (κ1) is 13.1. The van der Waals surface area contributed by atoms with E-state index < -0.39 is 0 Å². The summed E-state index contributed by atoms with van der Waals surface area (Å²) in [5.74, 6) is 0.459. The average Bonchev–Trinajstić information content (AvgIpc) is 2.13. The van der Waals surface area contributed by atoms with E-state index in [1.165, 1.54) is 0 Å². The third-order valence-electron chi connectivity index (χ3n) is 2.80. The normalized spacial score (nSPS) is 14.9. The Morgan fingerprint density at radius 2 is 1.69 bits per heavy atom. The van der Waals surface area contributed by atoms with E-state index >= 15 is 0 Å². The average molecular weight is 220 g/mol. The fourth-order valence-corrected chi connectivity index (χ4v) is 1.96. The zero-order chi connectivity index (χ0) is 12.4. The van der Waals surface area contributed by atoms with E-state index in [4.69, 9.17) is 0 Å². The Balaban J connectivity index is 2.98. The van der Waals surface area contributed by atoms with Gasteiger partial charge in [0.15, 0.2) is 0 Å². The predicted molar refractivity (Wildman–Crippen MR) is 68.3 cm³/mol. The Hall–Kier alpha value is -0.920. The van der Waals surface area contributed by atoms with E-state index in [9.17, 15) is 0 Å². The lowest BCUT2D eigenvalue weighted by Gasteiger charge is -2.35. The minimum atomic E-state index is 0.226. The molecule has 0 aliphatic rings. The molecule has 1 aromatic rings.